The Morgan fingerprint density at radius 1 is 1.10 bits per heavy atom. The molecule has 162 valence electrons. The Hall–Kier alpha value is -3.00. The maximum absolute atomic E-state index is 13.2. The van der Waals surface area contributed by atoms with Gasteiger partial charge in [-0.2, -0.15) is 0 Å². The van der Waals surface area contributed by atoms with Crippen molar-refractivity contribution in [3.05, 3.63) is 83.7 Å². The molecule has 2 aromatic carbocycles. The van der Waals surface area contributed by atoms with Gasteiger partial charge in [-0.1, -0.05) is 59.8 Å². The second-order valence-corrected chi connectivity index (χ2v) is 9.86. The Bertz CT molecular complexity index is 1110. The molecule has 0 amide bonds. The molecule has 1 heterocycles. The lowest BCUT2D eigenvalue weighted by atomic mass is 9.81. The van der Waals surface area contributed by atoms with E-state index in [0.29, 0.717) is 12.0 Å². The fourth-order valence-corrected chi connectivity index (χ4v) is 5.73. The lowest BCUT2D eigenvalue weighted by molar-refractivity contribution is 0.165. The SMILES string of the molecule is O=C(OCc1ccccc1)S(=O)(=O)C1C[C@H](CCCn2ccnn2)Cc2ccccc21. The van der Waals surface area contributed by atoms with Crippen molar-refractivity contribution in [1.29, 1.82) is 0 Å². The predicted molar refractivity (Wildman–Crippen MR) is 116 cm³/mol. The van der Waals surface area contributed by atoms with Crippen molar-refractivity contribution in [2.75, 3.05) is 0 Å². The maximum atomic E-state index is 13.2. The van der Waals surface area contributed by atoms with Crippen LogP contribution in [-0.4, -0.2) is 28.7 Å². The van der Waals surface area contributed by atoms with Crippen molar-refractivity contribution < 1.29 is 17.9 Å². The smallest absolute Gasteiger partial charge is 0.425 e. The molecule has 0 saturated carbocycles. The number of carbonyl (C=O) groups is 1. The van der Waals surface area contributed by atoms with Crippen molar-refractivity contribution in [2.45, 2.75) is 44.1 Å². The van der Waals surface area contributed by atoms with Crippen LogP contribution < -0.4 is 0 Å². The van der Waals surface area contributed by atoms with Gasteiger partial charge < -0.3 is 4.74 Å². The van der Waals surface area contributed by atoms with Crippen molar-refractivity contribution in [3.8, 4) is 0 Å². The second-order valence-electron chi connectivity index (χ2n) is 7.87. The number of benzene rings is 2. The molecule has 1 aliphatic rings. The Labute approximate surface area is 182 Å². The molecule has 0 N–H and O–H groups in total. The number of sulfone groups is 1. The molecule has 0 aliphatic heterocycles. The molecule has 1 aromatic heterocycles. The number of carbonyl (C=O) groups excluding carboxylic acids is 1. The summed E-state index contributed by atoms with van der Waals surface area (Å²) >= 11 is 0. The maximum Gasteiger partial charge on any atom is 0.425 e. The first-order valence-electron chi connectivity index (χ1n) is 10.4. The topological polar surface area (TPSA) is 91.2 Å². The van der Waals surface area contributed by atoms with Crippen LogP contribution in [0.3, 0.4) is 0 Å². The van der Waals surface area contributed by atoms with Gasteiger partial charge in [-0.3, -0.25) is 4.68 Å². The standard InChI is InChI=1S/C23H25N3O4S/c27-23(30-17-18-7-2-1-3-8-18)31(28,29)22-16-19(9-6-13-26-14-12-24-25-26)15-20-10-4-5-11-21(20)22/h1-5,7-8,10-12,14,19,22H,6,9,13,15-17H2/t19-,22?/m1/s1. The molecule has 1 aliphatic carbocycles. The number of fused-ring (bicyclic) bond motifs is 1. The zero-order chi connectivity index (χ0) is 21.7. The number of aryl methyl sites for hydroxylation is 1. The molecule has 0 bridgehead atoms. The van der Waals surface area contributed by atoms with Gasteiger partial charge in [-0.25, -0.2) is 13.2 Å². The Morgan fingerprint density at radius 2 is 1.87 bits per heavy atom. The average molecular weight is 440 g/mol. The highest BCUT2D eigenvalue weighted by molar-refractivity contribution is 8.05. The summed E-state index contributed by atoms with van der Waals surface area (Å²) in [5.41, 5.74) is 2.46. The molecule has 0 fully saturated rings. The van der Waals surface area contributed by atoms with Crippen molar-refractivity contribution >= 4 is 15.1 Å². The Morgan fingerprint density at radius 3 is 2.65 bits per heavy atom. The van der Waals surface area contributed by atoms with Gasteiger partial charge in [0.1, 0.15) is 6.61 Å². The van der Waals surface area contributed by atoms with E-state index in [1.165, 1.54) is 0 Å². The highest BCUT2D eigenvalue weighted by Gasteiger charge is 2.40. The van der Waals surface area contributed by atoms with Crippen molar-refractivity contribution in [1.82, 2.24) is 15.0 Å². The van der Waals surface area contributed by atoms with E-state index in [2.05, 4.69) is 10.3 Å². The Balaban J connectivity index is 1.47. The summed E-state index contributed by atoms with van der Waals surface area (Å²) in [6.07, 6.45) is 6.38. The number of hydrogen-bond acceptors (Lipinski definition) is 6. The van der Waals surface area contributed by atoms with Gasteiger partial charge in [0, 0.05) is 12.7 Å². The summed E-state index contributed by atoms with van der Waals surface area (Å²) in [5.74, 6) is 0.167. The first-order valence-corrected chi connectivity index (χ1v) is 11.9. The van der Waals surface area contributed by atoms with Crippen LogP contribution in [-0.2, 0) is 34.1 Å². The third-order valence-corrected chi connectivity index (χ3v) is 7.51. The van der Waals surface area contributed by atoms with Gasteiger partial charge in [-0.05, 0) is 48.3 Å². The van der Waals surface area contributed by atoms with Crippen LogP contribution in [0.4, 0.5) is 4.79 Å². The fraction of sp³-hybridized carbons (Fsp3) is 0.348. The molecule has 8 heteroatoms. The van der Waals surface area contributed by atoms with E-state index in [9.17, 15) is 13.2 Å². The first kappa shape index (κ1) is 21.2. The second kappa shape index (κ2) is 9.43. The van der Waals surface area contributed by atoms with Gasteiger partial charge in [0.05, 0.1) is 11.4 Å². The molecule has 7 nitrogen and oxygen atoms in total. The quantitative estimate of drug-likeness (QED) is 0.515. The fourth-order valence-electron chi connectivity index (χ4n) is 4.18. The number of rotatable bonds is 7. The first-order chi connectivity index (χ1) is 15.0. The van der Waals surface area contributed by atoms with Gasteiger partial charge in [0.15, 0.2) is 0 Å². The minimum absolute atomic E-state index is 0.0609. The highest BCUT2D eigenvalue weighted by atomic mass is 32.2. The van der Waals surface area contributed by atoms with Crippen LogP contribution in [0, 0.1) is 5.92 Å². The molecule has 0 spiro atoms. The number of aromatic nitrogens is 3. The van der Waals surface area contributed by atoms with Crippen LogP contribution in [0.5, 0.6) is 0 Å². The third kappa shape index (κ3) is 5.02. The van der Waals surface area contributed by atoms with Crippen molar-refractivity contribution in [3.63, 3.8) is 0 Å². The van der Waals surface area contributed by atoms with E-state index in [1.54, 1.807) is 23.0 Å². The van der Waals surface area contributed by atoms with Crippen LogP contribution in [0.15, 0.2) is 67.0 Å². The summed E-state index contributed by atoms with van der Waals surface area (Å²) in [6, 6.07) is 16.6. The van der Waals surface area contributed by atoms with E-state index < -0.39 is 20.4 Å². The van der Waals surface area contributed by atoms with Crippen molar-refractivity contribution in [2.24, 2.45) is 5.92 Å². The minimum Gasteiger partial charge on any atom is -0.449 e. The van der Waals surface area contributed by atoms with E-state index in [-0.39, 0.29) is 12.5 Å². The molecule has 0 saturated heterocycles. The van der Waals surface area contributed by atoms with E-state index in [0.717, 1.165) is 36.9 Å². The zero-order valence-corrected chi connectivity index (χ0v) is 17.9. The molecular weight excluding hydrogens is 414 g/mol. The molecular formula is C23H25N3O4S. The molecule has 4 rings (SSSR count). The summed E-state index contributed by atoms with van der Waals surface area (Å²) in [5, 5.41) is 5.74. The molecule has 3 aromatic rings. The van der Waals surface area contributed by atoms with E-state index in [1.807, 2.05) is 48.7 Å². The van der Waals surface area contributed by atoms with Gasteiger partial charge >= 0.3 is 5.30 Å². The van der Waals surface area contributed by atoms with Crippen LogP contribution >= 0.6 is 0 Å². The molecule has 1 unspecified atom stereocenters. The van der Waals surface area contributed by atoms with E-state index in [4.69, 9.17) is 4.74 Å². The number of hydrogen-bond donors (Lipinski definition) is 0. The summed E-state index contributed by atoms with van der Waals surface area (Å²) in [4.78, 5) is 12.6. The molecule has 2 atom stereocenters. The van der Waals surface area contributed by atoms with E-state index >= 15 is 0 Å². The van der Waals surface area contributed by atoms with Gasteiger partial charge in [-0.15, -0.1) is 5.10 Å². The molecule has 0 radical (unpaired) electrons. The highest BCUT2D eigenvalue weighted by Crippen LogP contribution is 2.41. The minimum atomic E-state index is -4.14. The lowest BCUT2D eigenvalue weighted by Crippen LogP contribution is -2.29. The largest absolute Gasteiger partial charge is 0.449 e. The number of nitrogens with zero attached hydrogens (tertiary/aromatic N) is 3. The van der Waals surface area contributed by atoms with Crippen LogP contribution in [0.1, 0.15) is 41.2 Å². The third-order valence-electron chi connectivity index (χ3n) is 5.74. The lowest BCUT2D eigenvalue weighted by Gasteiger charge is -2.30. The summed E-state index contributed by atoms with van der Waals surface area (Å²) < 4.78 is 33.3. The number of ether oxygens (including phenoxy) is 1. The van der Waals surface area contributed by atoms with Crippen LogP contribution in [0.25, 0.3) is 0 Å². The van der Waals surface area contributed by atoms with Gasteiger partial charge in [0.25, 0.3) is 9.84 Å². The predicted octanol–water partition coefficient (Wildman–Crippen LogP) is 4.11. The summed E-state index contributed by atoms with van der Waals surface area (Å²) in [6.45, 7) is 0.670. The Kier molecular flexibility index (Phi) is 6.46. The summed E-state index contributed by atoms with van der Waals surface area (Å²) in [7, 11) is -4.14. The van der Waals surface area contributed by atoms with Gasteiger partial charge in [0.2, 0.25) is 0 Å². The van der Waals surface area contributed by atoms with Crippen LogP contribution in [0.2, 0.25) is 0 Å². The zero-order valence-electron chi connectivity index (χ0n) is 17.1. The monoisotopic (exact) mass is 439 g/mol. The normalized spacial score (nSPS) is 18.3. The molecule has 31 heavy (non-hydrogen) atoms. The average Bonchev–Trinajstić information content (AvgIpc) is 3.31.